The molecule has 0 spiro atoms. The van der Waals surface area contributed by atoms with Crippen molar-refractivity contribution in [1.29, 1.82) is 0 Å². The second kappa shape index (κ2) is 4.72. The van der Waals surface area contributed by atoms with Crippen LogP contribution in [0.3, 0.4) is 0 Å². The Labute approximate surface area is 106 Å². The first-order chi connectivity index (χ1) is 8.45. The van der Waals surface area contributed by atoms with Crippen LogP contribution in [0.25, 0.3) is 0 Å². The average molecular weight is 253 g/mol. The first-order valence-electron chi connectivity index (χ1n) is 6.17. The molecule has 1 aliphatic rings. The number of hydrogen-bond acceptors (Lipinski definition) is 4. The van der Waals surface area contributed by atoms with Gasteiger partial charge in [-0.1, -0.05) is 20.3 Å². The van der Waals surface area contributed by atoms with Crippen molar-refractivity contribution >= 4 is 5.97 Å². The molecule has 1 aliphatic carbocycles. The fourth-order valence-electron chi connectivity index (χ4n) is 2.71. The molecule has 1 N–H and O–H groups in total. The van der Waals surface area contributed by atoms with Crippen LogP contribution in [0.4, 0.5) is 0 Å². The molecule has 100 valence electrons. The molecule has 0 radical (unpaired) electrons. The summed E-state index contributed by atoms with van der Waals surface area (Å²) in [6.07, 6.45) is 3.24. The van der Waals surface area contributed by atoms with Crippen molar-refractivity contribution < 1.29 is 19.1 Å². The summed E-state index contributed by atoms with van der Waals surface area (Å²) in [5, 5.41) is 9.09. The normalized spacial score (nSPS) is 22.3. The zero-order valence-electron chi connectivity index (χ0n) is 11.0. The summed E-state index contributed by atoms with van der Waals surface area (Å²) in [7, 11) is 1.51. The number of carboxylic acids is 1. The molecular weight excluding hydrogens is 234 g/mol. The van der Waals surface area contributed by atoms with Crippen LogP contribution in [0.5, 0.6) is 0 Å². The van der Waals surface area contributed by atoms with Crippen molar-refractivity contribution in [2.24, 2.45) is 5.41 Å². The van der Waals surface area contributed by atoms with Crippen LogP contribution >= 0.6 is 0 Å². The number of aromatic nitrogens is 1. The standard InChI is InChI=1S/C13H19NO4/c1-13(2)6-4-5-8(13)11-14-9(7-17-3)10(18-11)12(15)16/h8H,4-7H2,1-3H3,(H,15,16). The van der Waals surface area contributed by atoms with Gasteiger partial charge in [0, 0.05) is 13.0 Å². The highest BCUT2D eigenvalue weighted by molar-refractivity contribution is 5.85. The van der Waals surface area contributed by atoms with Gasteiger partial charge in [0.1, 0.15) is 5.69 Å². The quantitative estimate of drug-likeness (QED) is 0.893. The van der Waals surface area contributed by atoms with Crippen LogP contribution in [0.2, 0.25) is 0 Å². The molecule has 0 bridgehead atoms. The Hall–Kier alpha value is -1.36. The predicted molar refractivity (Wildman–Crippen MR) is 64.5 cm³/mol. The third kappa shape index (κ3) is 2.27. The van der Waals surface area contributed by atoms with Crippen molar-refractivity contribution in [1.82, 2.24) is 4.98 Å². The third-order valence-electron chi connectivity index (χ3n) is 3.74. The summed E-state index contributed by atoms with van der Waals surface area (Å²) in [4.78, 5) is 15.4. The first-order valence-corrected chi connectivity index (χ1v) is 6.17. The second-order valence-corrected chi connectivity index (χ2v) is 5.50. The van der Waals surface area contributed by atoms with Gasteiger partial charge in [-0.15, -0.1) is 0 Å². The number of carbonyl (C=O) groups is 1. The minimum Gasteiger partial charge on any atom is -0.475 e. The topological polar surface area (TPSA) is 72.6 Å². The fraction of sp³-hybridized carbons (Fsp3) is 0.692. The van der Waals surface area contributed by atoms with Gasteiger partial charge in [0.15, 0.2) is 5.89 Å². The van der Waals surface area contributed by atoms with Gasteiger partial charge in [-0.3, -0.25) is 0 Å². The third-order valence-corrected chi connectivity index (χ3v) is 3.74. The molecule has 0 aromatic carbocycles. The second-order valence-electron chi connectivity index (χ2n) is 5.50. The van der Waals surface area contributed by atoms with E-state index >= 15 is 0 Å². The van der Waals surface area contributed by atoms with Gasteiger partial charge in [-0.05, 0) is 18.3 Å². The fourth-order valence-corrected chi connectivity index (χ4v) is 2.71. The largest absolute Gasteiger partial charge is 0.475 e. The zero-order valence-corrected chi connectivity index (χ0v) is 11.0. The molecule has 1 unspecified atom stereocenters. The molecule has 1 atom stereocenters. The number of carboxylic acid groups (broad SMARTS) is 1. The van der Waals surface area contributed by atoms with Crippen molar-refractivity contribution in [3.8, 4) is 0 Å². The number of ether oxygens (including phenoxy) is 1. The summed E-state index contributed by atoms with van der Waals surface area (Å²) < 4.78 is 10.4. The van der Waals surface area contributed by atoms with Crippen LogP contribution in [0, 0.1) is 5.41 Å². The summed E-state index contributed by atoms with van der Waals surface area (Å²) >= 11 is 0. The highest BCUT2D eigenvalue weighted by atomic mass is 16.5. The van der Waals surface area contributed by atoms with Gasteiger partial charge in [0.2, 0.25) is 5.76 Å². The van der Waals surface area contributed by atoms with Crippen LogP contribution in [0.15, 0.2) is 4.42 Å². The predicted octanol–water partition coefficient (Wildman–Crippen LogP) is 2.81. The van der Waals surface area contributed by atoms with Gasteiger partial charge in [0.25, 0.3) is 0 Å². The molecule has 2 rings (SSSR count). The number of nitrogens with zero attached hydrogens (tertiary/aromatic N) is 1. The van der Waals surface area contributed by atoms with Crippen molar-refractivity contribution in [3.63, 3.8) is 0 Å². The number of hydrogen-bond donors (Lipinski definition) is 1. The molecule has 18 heavy (non-hydrogen) atoms. The van der Waals surface area contributed by atoms with Crippen LogP contribution in [0.1, 0.15) is 61.2 Å². The Morgan fingerprint density at radius 1 is 1.61 bits per heavy atom. The molecular formula is C13H19NO4. The van der Waals surface area contributed by atoms with Gasteiger partial charge < -0.3 is 14.3 Å². The molecule has 0 amide bonds. The number of aromatic carboxylic acids is 1. The molecule has 5 nitrogen and oxygen atoms in total. The van der Waals surface area contributed by atoms with Gasteiger partial charge in [-0.2, -0.15) is 0 Å². The Morgan fingerprint density at radius 3 is 2.83 bits per heavy atom. The summed E-state index contributed by atoms with van der Waals surface area (Å²) in [5.41, 5.74) is 0.494. The smallest absolute Gasteiger partial charge is 0.373 e. The first kappa shape index (κ1) is 13.1. The molecule has 0 saturated heterocycles. The Bertz CT molecular complexity index is 450. The lowest BCUT2D eigenvalue weighted by atomic mass is 9.82. The summed E-state index contributed by atoms with van der Waals surface area (Å²) in [6, 6.07) is 0. The van der Waals surface area contributed by atoms with E-state index in [1.54, 1.807) is 0 Å². The SMILES string of the molecule is COCc1nc(C2CCCC2(C)C)oc1C(=O)O. The zero-order chi connectivity index (χ0) is 13.3. The number of methoxy groups -OCH3 is 1. The number of rotatable bonds is 4. The van der Waals surface area contributed by atoms with Gasteiger partial charge in [0.05, 0.1) is 6.61 Å². The monoisotopic (exact) mass is 253 g/mol. The van der Waals surface area contributed by atoms with Gasteiger partial charge in [-0.25, -0.2) is 9.78 Å². The minimum absolute atomic E-state index is 0.0884. The Kier molecular flexibility index (Phi) is 3.43. The molecule has 1 fully saturated rings. The van der Waals surface area contributed by atoms with E-state index < -0.39 is 5.97 Å². The molecule has 1 saturated carbocycles. The lowest BCUT2D eigenvalue weighted by Gasteiger charge is -2.23. The molecule has 1 heterocycles. The maximum atomic E-state index is 11.1. The maximum Gasteiger partial charge on any atom is 0.373 e. The van der Waals surface area contributed by atoms with Crippen LogP contribution in [-0.4, -0.2) is 23.2 Å². The van der Waals surface area contributed by atoms with E-state index in [4.69, 9.17) is 14.3 Å². The van der Waals surface area contributed by atoms with E-state index in [-0.39, 0.29) is 23.7 Å². The lowest BCUT2D eigenvalue weighted by Crippen LogP contribution is -2.15. The summed E-state index contributed by atoms with van der Waals surface area (Å²) in [5.74, 6) is -0.436. The summed E-state index contributed by atoms with van der Waals surface area (Å²) in [6.45, 7) is 4.51. The maximum absolute atomic E-state index is 11.1. The average Bonchev–Trinajstić information content (AvgIpc) is 2.82. The Balaban J connectivity index is 2.34. The van der Waals surface area contributed by atoms with E-state index in [1.165, 1.54) is 7.11 Å². The van der Waals surface area contributed by atoms with E-state index in [1.807, 2.05) is 0 Å². The van der Waals surface area contributed by atoms with Gasteiger partial charge >= 0.3 is 5.97 Å². The van der Waals surface area contributed by atoms with E-state index in [0.717, 1.165) is 19.3 Å². The Morgan fingerprint density at radius 2 is 2.33 bits per heavy atom. The van der Waals surface area contributed by atoms with Crippen LogP contribution < -0.4 is 0 Å². The molecule has 0 aliphatic heterocycles. The van der Waals surface area contributed by atoms with E-state index in [2.05, 4.69) is 18.8 Å². The van der Waals surface area contributed by atoms with E-state index in [0.29, 0.717) is 11.6 Å². The minimum atomic E-state index is -1.09. The highest BCUT2D eigenvalue weighted by Crippen LogP contribution is 2.48. The highest BCUT2D eigenvalue weighted by Gasteiger charge is 2.39. The van der Waals surface area contributed by atoms with Crippen molar-refractivity contribution in [3.05, 3.63) is 17.3 Å². The number of oxazole rings is 1. The molecule has 1 aromatic heterocycles. The van der Waals surface area contributed by atoms with Crippen molar-refractivity contribution in [2.45, 2.75) is 45.6 Å². The molecule has 1 aromatic rings. The lowest BCUT2D eigenvalue weighted by molar-refractivity contribution is 0.0651. The van der Waals surface area contributed by atoms with Crippen LogP contribution in [-0.2, 0) is 11.3 Å². The van der Waals surface area contributed by atoms with E-state index in [9.17, 15) is 4.79 Å². The molecule has 5 heteroatoms. The van der Waals surface area contributed by atoms with Crippen molar-refractivity contribution in [2.75, 3.05) is 7.11 Å².